The first-order chi connectivity index (χ1) is 15.4. The lowest BCUT2D eigenvalue weighted by Crippen LogP contribution is -2.15. The van der Waals surface area contributed by atoms with E-state index in [2.05, 4.69) is 15.4 Å². The Labute approximate surface area is 181 Å². The second-order valence-electron chi connectivity index (χ2n) is 7.21. The lowest BCUT2D eigenvalue weighted by Gasteiger charge is -2.13. The average Bonchev–Trinajstić information content (AvgIpc) is 3.22. The van der Waals surface area contributed by atoms with Gasteiger partial charge in [-0.1, -0.05) is 42.5 Å². The summed E-state index contributed by atoms with van der Waals surface area (Å²) in [6.07, 6.45) is -2.94. The molecule has 2 aromatic carbocycles. The van der Waals surface area contributed by atoms with Crippen LogP contribution in [0.15, 0.2) is 60.8 Å². The molecule has 0 unspecified atom stereocenters. The third kappa shape index (κ3) is 4.62. The van der Waals surface area contributed by atoms with Gasteiger partial charge in [-0.05, 0) is 17.7 Å². The van der Waals surface area contributed by atoms with Crippen LogP contribution in [0.25, 0.3) is 28.2 Å². The monoisotopic (exact) mass is 440 g/mol. The molecule has 0 aliphatic heterocycles. The second kappa shape index (κ2) is 8.80. The Balaban J connectivity index is 1.82. The highest BCUT2D eigenvalue weighted by Gasteiger charge is 2.26. The minimum absolute atomic E-state index is 0.147. The SMILES string of the molecule is O=Cc1ccc(-c2cnc3c(NCCC(F)(F)F)cc(-c4cccc(CO)c4)nn23)cc1. The van der Waals surface area contributed by atoms with E-state index >= 15 is 0 Å². The van der Waals surface area contributed by atoms with Crippen LogP contribution in [0, 0.1) is 0 Å². The van der Waals surface area contributed by atoms with E-state index in [9.17, 15) is 23.1 Å². The van der Waals surface area contributed by atoms with Gasteiger partial charge in [0, 0.05) is 23.2 Å². The van der Waals surface area contributed by atoms with Gasteiger partial charge in [0.05, 0.1) is 36.3 Å². The van der Waals surface area contributed by atoms with Gasteiger partial charge < -0.3 is 10.4 Å². The van der Waals surface area contributed by atoms with Crippen molar-refractivity contribution in [2.75, 3.05) is 11.9 Å². The van der Waals surface area contributed by atoms with Crippen molar-refractivity contribution < 1.29 is 23.1 Å². The van der Waals surface area contributed by atoms with Crippen LogP contribution in [0.2, 0.25) is 0 Å². The van der Waals surface area contributed by atoms with Crippen molar-refractivity contribution in [3.8, 4) is 22.5 Å². The standard InChI is InChI=1S/C23H19F3N4O2/c24-23(25,26)8-9-27-20-11-19(18-3-1-2-16(10-18)14-32)29-30-21(12-28-22(20)30)17-6-4-15(13-31)5-7-17/h1-7,10-13,27,32H,8-9,14H2. The number of alkyl halides is 3. The number of halogens is 3. The summed E-state index contributed by atoms with van der Waals surface area (Å²) >= 11 is 0. The summed E-state index contributed by atoms with van der Waals surface area (Å²) in [7, 11) is 0. The predicted octanol–water partition coefficient (Wildman–Crippen LogP) is 4.73. The number of aliphatic hydroxyl groups is 1. The molecule has 4 aromatic rings. The van der Waals surface area contributed by atoms with Gasteiger partial charge >= 0.3 is 6.18 Å². The van der Waals surface area contributed by atoms with Gasteiger partial charge in [-0.25, -0.2) is 9.50 Å². The zero-order valence-electron chi connectivity index (χ0n) is 16.8. The first-order valence-corrected chi connectivity index (χ1v) is 9.83. The Morgan fingerprint density at radius 3 is 2.53 bits per heavy atom. The van der Waals surface area contributed by atoms with E-state index in [1.807, 2.05) is 6.07 Å². The van der Waals surface area contributed by atoms with Crippen molar-refractivity contribution in [1.29, 1.82) is 0 Å². The van der Waals surface area contributed by atoms with Gasteiger partial charge in [-0.15, -0.1) is 0 Å². The molecule has 0 aliphatic rings. The molecule has 0 aliphatic carbocycles. The van der Waals surface area contributed by atoms with Gasteiger partial charge in [0.15, 0.2) is 5.65 Å². The molecule has 9 heteroatoms. The van der Waals surface area contributed by atoms with Crippen LogP contribution < -0.4 is 5.32 Å². The predicted molar refractivity (Wildman–Crippen MR) is 114 cm³/mol. The average molecular weight is 440 g/mol. The number of carbonyl (C=O) groups is 1. The van der Waals surface area contributed by atoms with E-state index in [1.165, 1.54) is 0 Å². The molecular weight excluding hydrogens is 421 g/mol. The molecule has 2 N–H and O–H groups in total. The van der Waals surface area contributed by atoms with E-state index in [-0.39, 0.29) is 13.2 Å². The minimum Gasteiger partial charge on any atom is -0.392 e. The van der Waals surface area contributed by atoms with Gasteiger partial charge in [0.1, 0.15) is 6.29 Å². The zero-order chi connectivity index (χ0) is 22.7. The fourth-order valence-electron chi connectivity index (χ4n) is 3.34. The number of benzene rings is 2. The number of anilines is 1. The molecule has 6 nitrogen and oxygen atoms in total. The van der Waals surface area contributed by atoms with Crippen LogP contribution in [0.5, 0.6) is 0 Å². The van der Waals surface area contributed by atoms with Crippen LogP contribution in [0.3, 0.4) is 0 Å². The number of aromatic nitrogens is 3. The second-order valence-corrected chi connectivity index (χ2v) is 7.21. The fourth-order valence-corrected chi connectivity index (χ4v) is 3.34. The maximum atomic E-state index is 12.7. The van der Waals surface area contributed by atoms with E-state index in [4.69, 9.17) is 0 Å². The molecule has 0 saturated heterocycles. The smallest absolute Gasteiger partial charge is 0.390 e. The molecule has 0 saturated carbocycles. The van der Waals surface area contributed by atoms with Crippen molar-refractivity contribution in [2.45, 2.75) is 19.2 Å². The maximum Gasteiger partial charge on any atom is 0.390 e. The Morgan fingerprint density at radius 2 is 1.84 bits per heavy atom. The Bertz CT molecular complexity index is 1250. The first-order valence-electron chi connectivity index (χ1n) is 9.83. The largest absolute Gasteiger partial charge is 0.392 e. The Hall–Kier alpha value is -3.72. The minimum atomic E-state index is -4.28. The number of aliphatic hydroxyl groups excluding tert-OH is 1. The summed E-state index contributed by atoms with van der Waals surface area (Å²) in [5.74, 6) is 0. The van der Waals surface area contributed by atoms with E-state index < -0.39 is 12.6 Å². The summed E-state index contributed by atoms with van der Waals surface area (Å²) in [5.41, 5.74) is 4.57. The Kier molecular flexibility index (Phi) is 5.91. The maximum absolute atomic E-state index is 12.7. The third-order valence-electron chi connectivity index (χ3n) is 4.94. The summed E-state index contributed by atoms with van der Waals surface area (Å²) in [5, 5.41) is 16.9. The van der Waals surface area contributed by atoms with Gasteiger partial charge in [0.25, 0.3) is 0 Å². The topological polar surface area (TPSA) is 79.5 Å². The molecule has 2 heterocycles. The van der Waals surface area contributed by atoms with Crippen LogP contribution in [-0.4, -0.2) is 38.7 Å². The summed E-state index contributed by atoms with van der Waals surface area (Å²) in [4.78, 5) is 15.3. The molecule has 0 fully saturated rings. The van der Waals surface area contributed by atoms with Crippen molar-refractivity contribution in [3.63, 3.8) is 0 Å². The fraction of sp³-hybridized carbons (Fsp3) is 0.174. The number of fused-ring (bicyclic) bond motifs is 1. The van der Waals surface area contributed by atoms with E-state index in [0.29, 0.717) is 39.4 Å². The van der Waals surface area contributed by atoms with Crippen LogP contribution >= 0.6 is 0 Å². The highest BCUT2D eigenvalue weighted by atomic mass is 19.4. The molecule has 2 aromatic heterocycles. The van der Waals surface area contributed by atoms with Crippen LogP contribution in [0.1, 0.15) is 22.3 Å². The molecular formula is C23H19F3N4O2. The summed E-state index contributed by atoms with van der Waals surface area (Å²) in [6, 6.07) is 15.6. The van der Waals surface area contributed by atoms with Gasteiger partial charge in [0.2, 0.25) is 0 Å². The number of hydrogen-bond donors (Lipinski definition) is 2. The summed E-state index contributed by atoms with van der Waals surface area (Å²) < 4.78 is 39.6. The van der Waals surface area contributed by atoms with Crippen molar-refractivity contribution in [1.82, 2.24) is 14.6 Å². The van der Waals surface area contributed by atoms with Crippen LogP contribution in [0.4, 0.5) is 18.9 Å². The van der Waals surface area contributed by atoms with E-state index in [1.54, 1.807) is 59.2 Å². The third-order valence-corrected chi connectivity index (χ3v) is 4.94. The number of hydrogen-bond acceptors (Lipinski definition) is 5. The molecule has 32 heavy (non-hydrogen) atoms. The number of nitrogens with one attached hydrogen (secondary N) is 1. The summed E-state index contributed by atoms with van der Waals surface area (Å²) in [6.45, 7) is -0.457. The molecule has 0 bridgehead atoms. The molecule has 0 atom stereocenters. The quantitative estimate of drug-likeness (QED) is 0.406. The molecule has 0 amide bonds. The molecule has 0 radical (unpaired) electrons. The van der Waals surface area contributed by atoms with Crippen LogP contribution in [-0.2, 0) is 6.61 Å². The zero-order valence-corrected chi connectivity index (χ0v) is 16.8. The molecule has 4 rings (SSSR count). The number of carbonyl (C=O) groups excluding carboxylic acids is 1. The highest BCUT2D eigenvalue weighted by Crippen LogP contribution is 2.29. The number of rotatable bonds is 7. The van der Waals surface area contributed by atoms with Gasteiger partial charge in [-0.3, -0.25) is 4.79 Å². The van der Waals surface area contributed by atoms with E-state index in [0.717, 1.165) is 11.8 Å². The number of nitrogens with zero attached hydrogens (tertiary/aromatic N) is 3. The number of aldehydes is 1. The van der Waals surface area contributed by atoms with Crippen molar-refractivity contribution >= 4 is 17.6 Å². The number of imidazole rings is 1. The van der Waals surface area contributed by atoms with Gasteiger partial charge in [-0.2, -0.15) is 18.3 Å². The normalized spacial score (nSPS) is 11.6. The molecule has 0 spiro atoms. The lowest BCUT2D eigenvalue weighted by atomic mass is 10.1. The van der Waals surface area contributed by atoms with Crippen molar-refractivity contribution in [3.05, 3.63) is 71.9 Å². The lowest BCUT2D eigenvalue weighted by molar-refractivity contribution is -0.131. The van der Waals surface area contributed by atoms with Crippen molar-refractivity contribution in [2.24, 2.45) is 0 Å². The Morgan fingerprint density at radius 1 is 1.06 bits per heavy atom. The first kappa shape index (κ1) is 21.5. The molecule has 164 valence electrons. The highest BCUT2D eigenvalue weighted by molar-refractivity contribution is 5.79.